The third kappa shape index (κ3) is 5.04. The van der Waals surface area contributed by atoms with Crippen LogP contribution in [0.15, 0.2) is 109 Å². The quantitative estimate of drug-likeness (QED) is 0.289. The normalized spacial score (nSPS) is 14.8. The minimum atomic E-state index is -0.459. The lowest BCUT2D eigenvalue weighted by Crippen LogP contribution is -2.43. The maximum absolute atomic E-state index is 6.67. The van der Waals surface area contributed by atoms with Crippen LogP contribution in [-0.2, 0) is 4.74 Å². The summed E-state index contributed by atoms with van der Waals surface area (Å²) in [7, 11) is 1.66. The molecule has 0 aromatic heterocycles. The van der Waals surface area contributed by atoms with E-state index in [2.05, 4.69) is 41.9 Å². The molecule has 6 heteroatoms. The smallest absolute Gasteiger partial charge is 0.216 e. The molecular formula is C30H27N3O2S. The maximum Gasteiger partial charge on any atom is 0.216 e. The molecule has 0 bridgehead atoms. The summed E-state index contributed by atoms with van der Waals surface area (Å²) in [6, 6.07) is 36.3. The molecule has 180 valence electrons. The van der Waals surface area contributed by atoms with Crippen molar-refractivity contribution >= 4 is 34.5 Å². The fourth-order valence-corrected chi connectivity index (χ4v) is 4.33. The Labute approximate surface area is 217 Å². The second-order valence-electron chi connectivity index (χ2n) is 8.46. The van der Waals surface area contributed by atoms with Gasteiger partial charge in [-0.25, -0.2) is 5.01 Å². The monoisotopic (exact) mass is 493 g/mol. The van der Waals surface area contributed by atoms with Gasteiger partial charge in [0.05, 0.1) is 7.11 Å². The second-order valence-corrected chi connectivity index (χ2v) is 8.86. The number of anilines is 1. The number of benzene rings is 4. The van der Waals surface area contributed by atoms with E-state index in [-0.39, 0.29) is 0 Å². The molecule has 0 saturated heterocycles. The molecule has 0 radical (unpaired) electrons. The summed E-state index contributed by atoms with van der Waals surface area (Å²) in [4.78, 5) is 0. The number of hydrogen-bond donors (Lipinski definition) is 2. The Bertz CT molecular complexity index is 1360. The van der Waals surface area contributed by atoms with Crippen LogP contribution in [0.25, 0.3) is 11.5 Å². The Morgan fingerprint density at radius 2 is 1.42 bits per heavy atom. The summed E-state index contributed by atoms with van der Waals surface area (Å²) in [5, 5.41) is 5.74. The van der Waals surface area contributed by atoms with Crippen molar-refractivity contribution in [1.82, 2.24) is 10.4 Å². The molecule has 5 nitrogen and oxygen atoms in total. The molecule has 36 heavy (non-hydrogen) atoms. The molecule has 0 fully saturated rings. The summed E-state index contributed by atoms with van der Waals surface area (Å²) < 4.78 is 12.0. The largest absolute Gasteiger partial charge is 0.497 e. The zero-order chi connectivity index (χ0) is 24.9. The van der Waals surface area contributed by atoms with Crippen molar-refractivity contribution in [3.63, 3.8) is 0 Å². The molecule has 0 spiro atoms. The first-order valence-corrected chi connectivity index (χ1v) is 12.1. The van der Waals surface area contributed by atoms with Crippen LogP contribution in [0.1, 0.15) is 28.5 Å². The third-order valence-corrected chi connectivity index (χ3v) is 6.13. The average molecular weight is 494 g/mol. The molecule has 4 aromatic rings. The number of nitrogens with zero attached hydrogens (tertiary/aromatic N) is 1. The van der Waals surface area contributed by atoms with Crippen molar-refractivity contribution < 1.29 is 9.47 Å². The van der Waals surface area contributed by atoms with E-state index in [1.807, 2.05) is 89.9 Å². The van der Waals surface area contributed by atoms with E-state index in [1.165, 1.54) is 5.56 Å². The molecule has 1 atom stereocenters. The van der Waals surface area contributed by atoms with Crippen LogP contribution < -0.4 is 15.5 Å². The molecule has 0 amide bonds. The van der Waals surface area contributed by atoms with Gasteiger partial charge >= 0.3 is 0 Å². The number of thiocarbonyl (C=S) groups is 1. The lowest BCUT2D eigenvalue weighted by molar-refractivity contribution is 0.0564. The molecule has 0 saturated carbocycles. The lowest BCUT2D eigenvalue weighted by Gasteiger charge is -2.29. The first-order chi connectivity index (χ1) is 17.6. The van der Waals surface area contributed by atoms with Gasteiger partial charge in [0, 0.05) is 22.4 Å². The molecule has 1 aliphatic rings. The van der Waals surface area contributed by atoms with Gasteiger partial charge in [0.25, 0.3) is 0 Å². The lowest BCUT2D eigenvalue weighted by atomic mass is 10.1. The first-order valence-electron chi connectivity index (χ1n) is 11.7. The number of rotatable bonds is 6. The minimum Gasteiger partial charge on any atom is -0.497 e. The third-order valence-electron chi connectivity index (χ3n) is 5.94. The topological polar surface area (TPSA) is 45.8 Å². The van der Waals surface area contributed by atoms with Gasteiger partial charge in [0.1, 0.15) is 11.4 Å². The van der Waals surface area contributed by atoms with Crippen molar-refractivity contribution in [3.8, 4) is 5.75 Å². The minimum absolute atomic E-state index is 0.459. The number of nitrogens with one attached hydrogen (secondary N) is 2. The number of aryl methyl sites for hydroxylation is 1. The van der Waals surface area contributed by atoms with E-state index in [0.29, 0.717) is 5.11 Å². The van der Waals surface area contributed by atoms with Crippen LogP contribution in [0.3, 0.4) is 0 Å². The van der Waals surface area contributed by atoms with Gasteiger partial charge in [-0.05, 0) is 55.5 Å². The molecule has 1 heterocycles. The van der Waals surface area contributed by atoms with Crippen molar-refractivity contribution in [3.05, 3.63) is 131 Å². The fourth-order valence-electron chi connectivity index (χ4n) is 4.11. The van der Waals surface area contributed by atoms with Crippen LogP contribution in [0.5, 0.6) is 5.75 Å². The number of methoxy groups -OCH3 is 1. The first kappa shape index (κ1) is 23.5. The van der Waals surface area contributed by atoms with Gasteiger partial charge < -0.3 is 14.8 Å². The standard InChI is InChI=1S/C30H27N3O2S/c1-21-13-17-25(18-14-21)31-30(36)32-33-27(22-9-5-3-6-10-22)28(23-11-7-4-8-12-23)35-29(33)24-15-19-26(34-2)20-16-24/h3-20,29H,1-2H3,(H2,31,32,36). The zero-order valence-electron chi connectivity index (χ0n) is 20.1. The maximum atomic E-state index is 6.67. The highest BCUT2D eigenvalue weighted by Crippen LogP contribution is 2.44. The molecule has 1 unspecified atom stereocenters. The summed E-state index contributed by atoms with van der Waals surface area (Å²) in [6.07, 6.45) is -0.459. The predicted molar refractivity (Wildman–Crippen MR) is 149 cm³/mol. The van der Waals surface area contributed by atoms with Crippen LogP contribution in [0.4, 0.5) is 5.69 Å². The van der Waals surface area contributed by atoms with Crippen LogP contribution in [0.2, 0.25) is 0 Å². The summed E-state index contributed by atoms with van der Waals surface area (Å²) in [5.74, 6) is 1.56. The van der Waals surface area contributed by atoms with Crippen LogP contribution in [-0.4, -0.2) is 17.2 Å². The van der Waals surface area contributed by atoms with Crippen LogP contribution in [0, 0.1) is 6.92 Å². The summed E-state index contributed by atoms with van der Waals surface area (Å²) >= 11 is 5.74. The fraction of sp³-hybridized carbons (Fsp3) is 0.100. The summed E-state index contributed by atoms with van der Waals surface area (Å²) in [6.45, 7) is 2.06. The van der Waals surface area contributed by atoms with E-state index in [9.17, 15) is 0 Å². The number of ether oxygens (including phenoxy) is 2. The van der Waals surface area contributed by atoms with Crippen LogP contribution >= 0.6 is 12.2 Å². The van der Waals surface area contributed by atoms with E-state index < -0.39 is 6.23 Å². The van der Waals surface area contributed by atoms with E-state index in [1.54, 1.807) is 7.11 Å². The predicted octanol–water partition coefficient (Wildman–Crippen LogP) is 6.76. The summed E-state index contributed by atoms with van der Waals surface area (Å²) in [5.41, 5.74) is 9.36. The van der Waals surface area contributed by atoms with Gasteiger partial charge in [-0.15, -0.1) is 0 Å². The SMILES string of the molecule is COc1ccc(C2OC(c3ccccc3)=C(c3ccccc3)N2NC(=S)Nc2ccc(C)cc2)cc1. The Morgan fingerprint density at radius 3 is 2.03 bits per heavy atom. The number of hydrogen-bond acceptors (Lipinski definition) is 4. The molecular weight excluding hydrogens is 466 g/mol. The van der Waals surface area contributed by atoms with E-state index in [0.717, 1.165) is 39.6 Å². The molecule has 2 N–H and O–H groups in total. The second kappa shape index (κ2) is 10.5. The highest BCUT2D eigenvalue weighted by atomic mass is 32.1. The Balaban J connectivity index is 1.56. The highest BCUT2D eigenvalue weighted by Gasteiger charge is 2.37. The Kier molecular flexibility index (Phi) is 6.87. The Hall–Kier alpha value is -4.29. The van der Waals surface area contributed by atoms with Gasteiger partial charge in [0.15, 0.2) is 10.9 Å². The van der Waals surface area contributed by atoms with Gasteiger partial charge in [-0.2, -0.15) is 0 Å². The molecule has 4 aromatic carbocycles. The zero-order valence-corrected chi connectivity index (χ0v) is 21.0. The molecule has 0 aliphatic carbocycles. The number of hydrazine groups is 1. The van der Waals surface area contributed by atoms with Crippen molar-refractivity contribution in [1.29, 1.82) is 0 Å². The molecule has 5 rings (SSSR count). The van der Waals surface area contributed by atoms with Gasteiger partial charge in [-0.3, -0.25) is 5.43 Å². The Morgan fingerprint density at radius 1 is 0.806 bits per heavy atom. The van der Waals surface area contributed by atoms with Gasteiger partial charge in [0.2, 0.25) is 6.23 Å². The highest BCUT2D eigenvalue weighted by molar-refractivity contribution is 7.80. The average Bonchev–Trinajstić information content (AvgIpc) is 3.30. The van der Waals surface area contributed by atoms with E-state index >= 15 is 0 Å². The van der Waals surface area contributed by atoms with E-state index in [4.69, 9.17) is 21.7 Å². The van der Waals surface area contributed by atoms with Gasteiger partial charge in [-0.1, -0.05) is 78.4 Å². The van der Waals surface area contributed by atoms with Crippen molar-refractivity contribution in [2.75, 3.05) is 12.4 Å². The van der Waals surface area contributed by atoms with Crippen molar-refractivity contribution in [2.24, 2.45) is 0 Å². The van der Waals surface area contributed by atoms with Crippen molar-refractivity contribution in [2.45, 2.75) is 13.2 Å². The molecule has 1 aliphatic heterocycles.